The molecule has 0 bridgehead atoms. The van der Waals surface area contributed by atoms with Gasteiger partial charge >= 0.3 is 0 Å². The van der Waals surface area contributed by atoms with Crippen molar-refractivity contribution in [1.29, 1.82) is 0 Å². The van der Waals surface area contributed by atoms with Crippen LogP contribution < -0.4 is 4.90 Å². The number of nitro groups is 1. The quantitative estimate of drug-likeness (QED) is 0.617. The molecule has 0 aromatic heterocycles. The summed E-state index contributed by atoms with van der Waals surface area (Å²) in [4.78, 5) is 24.2. The Hall–Kier alpha value is -1.95. The summed E-state index contributed by atoms with van der Waals surface area (Å²) < 4.78 is 5.05. The van der Waals surface area contributed by atoms with Crippen LogP contribution in [-0.4, -0.2) is 30.1 Å². The molecule has 0 fully saturated rings. The number of fused-ring (bicyclic) bond motifs is 1. The minimum atomic E-state index is -0.524. The second kappa shape index (κ2) is 4.97. The first-order valence-electron chi connectivity index (χ1n) is 6.09. The lowest BCUT2D eigenvalue weighted by Crippen LogP contribution is -2.42. The molecule has 1 aromatic carbocycles. The third-order valence-electron chi connectivity index (χ3n) is 3.43. The van der Waals surface area contributed by atoms with Gasteiger partial charge in [-0.15, -0.1) is 0 Å². The monoisotopic (exact) mass is 264 g/mol. The van der Waals surface area contributed by atoms with Gasteiger partial charge in [0.15, 0.2) is 0 Å². The fourth-order valence-corrected chi connectivity index (χ4v) is 2.36. The molecule has 0 N–H and O–H groups in total. The molecule has 102 valence electrons. The summed E-state index contributed by atoms with van der Waals surface area (Å²) in [5.41, 5.74) is 1.63. The number of methoxy groups -OCH3 is 1. The van der Waals surface area contributed by atoms with Gasteiger partial charge in [0.1, 0.15) is 6.10 Å². The van der Waals surface area contributed by atoms with E-state index < -0.39 is 11.0 Å². The number of hydrogen-bond acceptors (Lipinski definition) is 4. The molecule has 1 amide bonds. The Morgan fingerprint density at radius 2 is 2.26 bits per heavy atom. The molecule has 2 rings (SSSR count). The number of benzene rings is 1. The maximum absolute atomic E-state index is 12.2. The van der Waals surface area contributed by atoms with Crippen LogP contribution in [0.2, 0.25) is 0 Å². The number of nitro benzene ring substituents is 1. The number of carbonyl (C=O) groups is 1. The molecule has 1 heterocycles. The molecule has 1 aromatic rings. The van der Waals surface area contributed by atoms with Gasteiger partial charge in [-0.3, -0.25) is 14.9 Å². The van der Waals surface area contributed by atoms with Crippen LogP contribution in [0.25, 0.3) is 0 Å². The van der Waals surface area contributed by atoms with Crippen LogP contribution in [0.1, 0.15) is 19.4 Å². The highest BCUT2D eigenvalue weighted by Crippen LogP contribution is 2.35. The number of non-ortho nitro benzene ring substituents is 1. The van der Waals surface area contributed by atoms with Crippen LogP contribution in [0.4, 0.5) is 11.4 Å². The highest BCUT2D eigenvalue weighted by molar-refractivity contribution is 5.99. The zero-order valence-corrected chi connectivity index (χ0v) is 11.1. The van der Waals surface area contributed by atoms with Crippen LogP contribution in [0.5, 0.6) is 0 Å². The van der Waals surface area contributed by atoms with Crippen LogP contribution in [0.3, 0.4) is 0 Å². The molecule has 0 saturated carbocycles. The molecule has 0 unspecified atom stereocenters. The summed E-state index contributed by atoms with van der Waals surface area (Å²) in [5, 5.41) is 10.8. The fourth-order valence-electron chi connectivity index (χ4n) is 2.36. The van der Waals surface area contributed by atoms with Gasteiger partial charge in [0.25, 0.3) is 11.6 Å². The maximum Gasteiger partial charge on any atom is 0.269 e. The average Bonchev–Trinajstić information content (AvgIpc) is 2.71. The summed E-state index contributed by atoms with van der Waals surface area (Å²) in [6.45, 7) is 3.62. The predicted octanol–water partition coefficient (Wildman–Crippen LogP) is 1.91. The highest BCUT2D eigenvalue weighted by Gasteiger charge is 2.34. The van der Waals surface area contributed by atoms with Crippen molar-refractivity contribution < 1.29 is 14.5 Å². The Morgan fingerprint density at radius 1 is 1.58 bits per heavy atom. The van der Waals surface area contributed by atoms with E-state index in [-0.39, 0.29) is 17.6 Å². The number of rotatable bonds is 3. The van der Waals surface area contributed by atoms with Gasteiger partial charge in [-0.25, -0.2) is 0 Å². The smallest absolute Gasteiger partial charge is 0.269 e. The standard InChI is InChI=1S/C13H16N2O4/c1-8-6-10-7-11(15(17)18)4-5-12(10)14(8)13(16)9(2)19-3/h4-5,7-9H,6H2,1-3H3/t8-,9+/m0/s1. The Balaban J connectivity index is 2.37. The van der Waals surface area contributed by atoms with E-state index in [2.05, 4.69) is 0 Å². The molecule has 0 aliphatic carbocycles. The maximum atomic E-state index is 12.2. The number of hydrogen-bond donors (Lipinski definition) is 0. The molecule has 6 nitrogen and oxygen atoms in total. The van der Waals surface area contributed by atoms with Gasteiger partial charge in [0.2, 0.25) is 0 Å². The van der Waals surface area contributed by atoms with E-state index in [9.17, 15) is 14.9 Å². The molecule has 6 heteroatoms. The summed E-state index contributed by atoms with van der Waals surface area (Å²) in [6.07, 6.45) is 0.0997. The third kappa shape index (κ3) is 2.31. The first-order valence-corrected chi connectivity index (χ1v) is 6.09. The zero-order chi connectivity index (χ0) is 14.2. The third-order valence-corrected chi connectivity index (χ3v) is 3.43. The van der Waals surface area contributed by atoms with Crippen LogP contribution >= 0.6 is 0 Å². The second-order valence-electron chi connectivity index (χ2n) is 4.71. The number of anilines is 1. The number of carbonyl (C=O) groups excluding carboxylic acids is 1. The van der Waals surface area contributed by atoms with Crippen molar-refractivity contribution in [2.45, 2.75) is 32.4 Å². The van der Waals surface area contributed by atoms with Crippen molar-refractivity contribution >= 4 is 17.3 Å². The fraction of sp³-hybridized carbons (Fsp3) is 0.462. The molecule has 1 aliphatic heterocycles. The van der Waals surface area contributed by atoms with Gasteiger partial charge in [0, 0.05) is 31.0 Å². The van der Waals surface area contributed by atoms with E-state index in [1.165, 1.54) is 19.2 Å². The lowest BCUT2D eigenvalue weighted by Gasteiger charge is -2.25. The summed E-state index contributed by atoms with van der Waals surface area (Å²) in [7, 11) is 1.49. The van der Waals surface area contributed by atoms with Gasteiger partial charge in [-0.1, -0.05) is 0 Å². The van der Waals surface area contributed by atoms with Crippen molar-refractivity contribution in [3.8, 4) is 0 Å². The molecular weight excluding hydrogens is 248 g/mol. The van der Waals surface area contributed by atoms with E-state index >= 15 is 0 Å². The van der Waals surface area contributed by atoms with E-state index in [1.54, 1.807) is 17.9 Å². The Bertz CT molecular complexity index is 529. The highest BCUT2D eigenvalue weighted by atomic mass is 16.6. The number of amides is 1. The van der Waals surface area contributed by atoms with Crippen molar-refractivity contribution in [2.75, 3.05) is 12.0 Å². The van der Waals surface area contributed by atoms with Crippen LogP contribution in [0, 0.1) is 10.1 Å². The van der Waals surface area contributed by atoms with Gasteiger partial charge < -0.3 is 9.64 Å². The second-order valence-corrected chi connectivity index (χ2v) is 4.71. The van der Waals surface area contributed by atoms with E-state index in [1.807, 2.05) is 6.92 Å². The number of nitrogens with zero attached hydrogens (tertiary/aromatic N) is 2. The topological polar surface area (TPSA) is 72.7 Å². The van der Waals surface area contributed by atoms with Crippen molar-refractivity contribution in [3.63, 3.8) is 0 Å². The summed E-state index contributed by atoms with van der Waals surface area (Å²) in [6, 6.07) is 4.59. The Kier molecular flexibility index (Phi) is 3.53. The van der Waals surface area contributed by atoms with Gasteiger partial charge in [-0.05, 0) is 31.9 Å². The lowest BCUT2D eigenvalue weighted by atomic mass is 10.1. The molecule has 1 aliphatic rings. The minimum absolute atomic E-state index is 0.0119. The lowest BCUT2D eigenvalue weighted by molar-refractivity contribution is -0.384. The SMILES string of the molecule is CO[C@H](C)C(=O)N1c2ccc([N+](=O)[O-])cc2C[C@@H]1C. The van der Waals surface area contributed by atoms with Crippen LogP contribution in [0.15, 0.2) is 18.2 Å². The predicted molar refractivity (Wildman–Crippen MR) is 70.2 cm³/mol. The van der Waals surface area contributed by atoms with E-state index in [0.717, 1.165) is 11.3 Å². The molecule has 2 atom stereocenters. The molecule has 0 saturated heterocycles. The first-order chi connectivity index (χ1) is 8.95. The zero-order valence-electron chi connectivity index (χ0n) is 11.1. The summed E-state index contributed by atoms with van der Waals surface area (Å²) in [5.74, 6) is -0.123. The largest absolute Gasteiger partial charge is 0.372 e. The van der Waals surface area contributed by atoms with Crippen LogP contribution in [-0.2, 0) is 16.0 Å². The summed E-state index contributed by atoms with van der Waals surface area (Å²) >= 11 is 0. The Morgan fingerprint density at radius 3 is 2.84 bits per heavy atom. The van der Waals surface area contributed by atoms with Crippen molar-refractivity contribution in [1.82, 2.24) is 0 Å². The van der Waals surface area contributed by atoms with Gasteiger partial charge in [-0.2, -0.15) is 0 Å². The average molecular weight is 264 g/mol. The normalized spacial score (nSPS) is 19.1. The number of ether oxygens (including phenoxy) is 1. The van der Waals surface area contributed by atoms with E-state index in [4.69, 9.17) is 4.74 Å². The van der Waals surface area contributed by atoms with Gasteiger partial charge in [0.05, 0.1) is 4.92 Å². The van der Waals surface area contributed by atoms with E-state index in [0.29, 0.717) is 6.42 Å². The van der Waals surface area contributed by atoms with Crippen molar-refractivity contribution in [2.24, 2.45) is 0 Å². The molecule has 0 spiro atoms. The minimum Gasteiger partial charge on any atom is -0.372 e. The molecule has 19 heavy (non-hydrogen) atoms. The Labute approximate surface area is 111 Å². The molecular formula is C13H16N2O4. The molecule has 0 radical (unpaired) electrons. The first kappa shape index (κ1) is 13.5. The van der Waals surface area contributed by atoms with Crippen molar-refractivity contribution in [3.05, 3.63) is 33.9 Å².